The van der Waals surface area contributed by atoms with Crippen LogP contribution in [0.4, 0.5) is 0 Å². The standard InChI is InChI=1S/C17H22O4/c18-9-2-1-3-15-4-6-17(7-5-15)21-12-11-20-14-16-8-10-19-13-16/h4-7,16,18H,2,8-14H2. The zero-order chi connectivity index (χ0) is 14.8. The van der Waals surface area contributed by atoms with Crippen LogP contribution in [-0.4, -0.2) is 44.7 Å². The van der Waals surface area contributed by atoms with Gasteiger partial charge >= 0.3 is 0 Å². The third-order valence-electron chi connectivity index (χ3n) is 3.20. The van der Waals surface area contributed by atoms with Gasteiger partial charge in [0.05, 0.1) is 26.4 Å². The zero-order valence-corrected chi connectivity index (χ0v) is 12.2. The van der Waals surface area contributed by atoms with E-state index in [2.05, 4.69) is 11.8 Å². The van der Waals surface area contributed by atoms with Crippen molar-refractivity contribution in [1.29, 1.82) is 0 Å². The first-order chi connectivity index (χ1) is 10.4. The van der Waals surface area contributed by atoms with Gasteiger partial charge in [-0.3, -0.25) is 0 Å². The Morgan fingerprint density at radius 1 is 1.24 bits per heavy atom. The maximum atomic E-state index is 8.66. The average Bonchev–Trinajstić information content (AvgIpc) is 3.02. The number of hydrogen-bond acceptors (Lipinski definition) is 4. The van der Waals surface area contributed by atoms with E-state index in [1.807, 2.05) is 24.3 Å². The fourth-order valence-electron chi connectivity index (χ4n) is 2.04. The second kappa shape index (κ2) is 9.41. The molecule has 1 saturated heterocycles. The lowest BCUT2D eigenvalue weighted by Crippen LogP contribution is -2.13. The second-order valence-electron chi connectivity index (χ2n) is 4.95. The summed E-state index contributed by atoms with van der Waals surface area (Å²) in [6.07, 6.45) is 1.60. The number of hydrogen-bond donors (Lipinski definition) is 1. The lowest BCUT2D eigenvalue weighted by molar-refractivity contribution is 0.0684. The van der Waals surface area contributed by atoms with Gasteiger partial charge in [0.15, 0.2) is 0 Å². The maximum absolute atomic E-state index is 8.66. The minimum absolute atomic E-state index is 0.0984. The molecule has 1 aromatic rings. The molecule has 0 aromatic heterocycles. The molecule has 2 rings (SSSR count). The molecule has 1 heterocycles. The molecule has 21 heavy (non-hydrogen) atoms. The summed E-state index contributed by atoms with van der Waals surface area (Å²) < 4.78 is 16.5. The molecule has 0 spiro atoms. The Morgan fingerprint density at radius 3 is 2.81 bits per heavy atom. The van der Waals surface area contributed by atoms with Crippen molar-refractivity contribution in [3.8, 4) is 17.6 Å². The Balaban J connectivity index is 1.61. The number of rotatable bonds is 7. The van der Waals surface area contributed by atoms with Crippen molar-refractivity contribution in [1.82, 2.24) is 0 Å². The molecule has 0 radical (unpaired) electrons. The van der Waals surface area contributed by atoms with Crippen LogP contribution in [0.3, 0.4) is 0 Å². The Bertz CT molecular complexity index is 452. The highest BCUT2D eigenvalue weighted by Crippen LogP contribution is 2.13. The summed E-state index contributed by atoms with van der Waals surface area (Å²) in [6.45, 7) is 3.67. The summed E-state index contributed by atoms with van der Waals surface area (Å²) in [4.78, 5) is 0. The maximum Gasteiger partial charge on any atom is 0.119 e. The largest absolute Gasteiger partial charge is 0.491 e. The SMILES string of the molecule is OCCC#Cc1ccc(OCCOCC2CCOC2)cc1. The van der Waals surface area contributed by atoms with Gasteiger partial charge < -0.3 is 19.3 Å². The van der Waals surface area contributed by atoms with Crippen LogP contribution in [0.2, 0.25) is 0 Å². The normalized spacial score (nSPS) is 17.3. The van der Waals surface area contributed by atoms with E-state index in [0.717, 1.165) is 37.6 Å². The van der Waals surface area contributed by atoms with E-state index in [-0.39, 0.29) is 6.61 Å². The lowest BCUT2D eigenvalue weighted by atomic mass is 10.1. The van der Waals surface area contributed by atoms with Crippen LogP contribution >= 0.6 is 0 Å². The molecule has 0 bridgehead atoms. The van der Waals surface area contributed by atoms with E-state index in [0.29, 0.717) is 25.6 Å². The molecule has 1 aliphatic heterocycles. The van der Waals surface area contributed by atoms with E-state index in [1.165, 1.54) is 0 Å². The molecule has 1 aromatic carbocycles. The van der Waals surface area contributed by atoms with Crippen LogP contribution in [0.5, 0.6) is 5.75 Å². The summed E-state index contributed by atoms with van der Waals surface area (Å²) >= 11 is 0. The Kier molecular flexibility index (Phi) is 7.10. The van der Waals surface area contributed by atoms with Crippen molar-refractivity contribution in [2.24, 2.45) is 5.92 Å². The fraction of sp³-hybridized carbons (Fsp3) is 0.529. The predicted molar refractivity (Wildman–Crippen MR) is 80.3 cm³/mol. The molecular weight excluding hydrogens is 268 g/mol. The van der Waals surface area contributed by atoms with E-state index >= 15 is 0 Å². The van der Waals surface area contributed by atoms with E-state index in [1.54, 1.807) is 0 Å². The summed E-state index contributed by atoms with van der Waals surface area (Å²) in [7, 11) is 0. The monoisotopic (exact) mass is 290 g/mol. The molecule has 0 amide bonds. The Labute approximate surface area is 126 Å². The molecule has 0 aliphatic carbocycles. The van der Waals surface area contributed by atoms with E-state index in [4.69, 9.17) is 19.3 Å². The van der Waals surface area contributed by atoms with Crippen molar-refractivity contribution >= 4 is 0 Å². The van der Waals surface area contributed by atoms with Gasteiger partial charge in [-0.15, -0.1) is 0 Å². The quantitative estimate of drug-likeness (QED) is 0.615. The second-order valence-corrected chi connectivity index (χ2v) is 4.95. The van der Waals surface area contributed by atoms with Gasteiger partial charge in [-0.05, 0) is 30.7 Å². The van der Waals surface area contributed by atoms with Crippen LogP contribution in [0.25, 0.3) is 0 Å². The van der Waals surface area contributed by atoms with Crippen molar-refractivity contribution in [2.75, 3.05) is 39.6 Å². The molecule has 1 fully saturated rings. The number of benzene rings is 1. The van der Waals surface area contributed by atoms with Crippen molar-refractivity contribution in [3.63, 3.8) is 0 Å². The molecule has 1 unspecified atom stereocenters. The van der Waals surface area contributed by atoms with Gasteiger partial charge in [0, 0.05) is 24.5 Å². The molecule has 114 valence electrons. The summed E-state index contributed by atoms with van der Waals surface area (Å²) in [5.74, 6) is 7.22. The van der Waals surface area contributed by atoms with Crippen LogP contribution < -0.4 is 4.74 Å². The van der Waals surface area contributed by atoms with Gasteiger partial charge in [0.2, 0.25) is 0 Å². The highest BCUT2D eigenvalue weighted by Gasteiger charge is 2.15. The van der Waals surface area contributed by atoms with Crippen LogP contribution in [0, 0.1) is 17.8 Å². The smallest absolute Gasteiger partial charge is 0.119 e. The molecule has 4 nitrogen and oxygen atoms in total. The average molecular weight is 290 g/mol. The predicted octanol–water partition coefficient (Wildman–Crippen LogP) is 1.85. The van der Waals surface area contributed by atoms with Gasteiger partial charge in [0.1, 0.15) is 12.4 Å². The molecule has 1 N–H and O–H groups in total. The summed E-state index contributed by atoms with van der Waals surface area (Å²) in [5, 5.41) is 8.66. The third-order valence-corrected chi connectivity index (χ3v) is 3.20. The lowest BCUT2D eigenvalue weighted by Gasteiger charge is -2.09. The Hall–Kier alpha value is -1.54. The van der Waals surface area contributed by atoms with Gasteiger partial charge in [-0.25, -0.2) is 0 Å². The highest BCUT2D eigenvalue weighted by atomic mass is 16.5. The summed E-state index contributed by atoms with van der Waals surface area (Å²) in [6, 6.07) is 7.62. The van der Waals surface area contributed by atoms with Gasteiger partial charge in [-0.1, -0.05) is 11.8 Å². The van der Waals surface area contributed by atoms with Crippen LogP contribution in [0.15, 0.2) is 24.3 Å². The van der Waals surface area contributed by atoms with Crippen LogP contribution in [0.1, 0.15) is 18.4 Å². The topological polar surface area (TPSA) is 47.9 Å². The number of aliphatic hydroxyl groups excluding tert-OH is 1. The molecule has 4 heteroatoms. The van der Waals surface area contributed by atoms with Crippen molar-refractivity contribution < 1.29 is 19.3 Å². The fourth-order valence-corrected chi connectivity index (χ4v) is 2.04. The molecular formula is C17H22O4. The Morgan fingerprint density at radius 2 is 2.10 bits per heavy atom. The first-order valence-electron chi connectivity index (χ1n) is 7.36. The minimum Gasteiger partial charge on any atom is -0.491 e. The van der Waals surface area contributed by atoms with Crippen molar-refractivity contribution in [2.45, 2.75) is 12.8 Å². The van der Waals surface area contributed by atoms with E-state index in [9.17, 15) is 0 Å². The first kappa shape index (κ1) is 15.8. The first-order valence-corrected chi connectivity index (χ1v) is 7.36. The number of aliphatic hydroxyl groups is 1. The van der Waals surface area contributed by atoms with Gasteiger partial charge in [0.25, 0.3) is 0 Å². The van der Waals surface area contributed by atoms with E-state index < -0.39 is 0 Å². The molecule has 1 atom stereocenters. The third kappa shape index (κ3) is 6.17. The zero-order valence-electron chi connectivity index (χ0n) is 12.2. The molecule has 1 aliphatic rings. The van der Waals surface area contributed by atoms with Gasteiger partial charge in [-0.2, -0.15) is 0 Å². The molecule has 0 saturated carbocycles. The van der Waals surface area contributed by atoms with Crippen LogP contribution in [-0.2, 0) is 9.47 Å². The minimum atomic E-state index is 0.0984. The van der Waals surface area contributed by atoms with Crippen molar-refractivity contribution in [3.05, 3.63) is 29.8 Å². The summed E-state index contributed by atoms with van der Waals surface area (Å²) in [5.41, 5.74) is 0.924. The highest BCUT2D eigenvalue weighted by molar-refractivity contribution is 5.38. The number of ether oxygens (including phenoxy) is 3.